The Morgan fingerprint density at radius 2 is 2.00 bits per heavy atom. The first-order chi connectivity index (χ1) is 7.24. The van der Waals surface area contributed by atoms with Gasteiger partial charge in [-0.15, -0.1) is 0 Å². The molecule has 1 rings (SSSR count). The molecule has 0 aromatic rings. The van der Waals surface area contributed by atoms with Crippen molar-refractivity contribution < 1.29 is 4.79 Å². The van der Waals surface area contributed by atoms with Crippen LogP contribution in [0.3, 0.4) is 0 Å². The third-order valence-corrected chi connectivity index (χ3v) is 3.28. The lowest BCUT2D eigenvalue weighted by molar-refractivity contribution is -0.121. The van der Waals surface area contributed by atoms with Gasteiger partial charge in [-0.1, -0.05) is 26.2 Å². The van der Waals surface area contributed by atoms with Gasteiger partial charge >= 0.3 is 0 Å². The van der Waals surface area contributed by atoms with Crippen LogP contribution < -0.4 is 10.6 Å². The van der Waals surface area contributed by atoms with Crippen molar-refractivity contribution in [3.8, 4) is 0 Å². The SMILES string of the molecule is CCNCC(=O)N[C@H](C)C1CCCCC1. The number of amides is 1. The van der Waals surface area contributed by atoms with Crippen molar-refractivity contribution in [2.24, 2.45) is 5.92 Å². The van der Waals surface area contributed by atoms with Crippen LogP contribution in [0.1, 0.15) is 46.0 Å². The number of hydrogen-bond donors (Lipinski definition) is 2. The summed E-state index contributed by atoms with van der Waals surface area (Å²) in [5.74, 6) is 0.833. The van der Waals surface area contributed by atoms with Gasteiger partial charge in [-0.05, 0) is 32.2 Å². The molecule has 2 N–H and O–H groups in total. The van der Waals surface area contributed by atoms with Crippen molar-refractivity contribution in [3.05, 3.63) is 0 Å². The molecule has 0 radical (unpaired) electrons. The minimum Gasteiger partial charge on any atom is -0.352 e. The molecule has 0 aromatic carbocycles. The smallest absolute Gasteiger partial charge is 0.234 e. The Morgan fingerprint density at radius 3 is 2.60 bits per heavy atom. The third kappa shape index (κ3) is 4.65. The highest BCUT2D eigenvalue weighted by molar-refractivity contribution is 5.78. The highest BCUT2D eigenvalue weighted by Crippen LogP contribution is 2.26. The molecule has 3 nitrogen and oxygen atoms in total. The van der Waals surface area contributed by atoms with Crippen LogP contribution in [-0.4, -0.2) is 25.0 Å². The molecule has 0 unspecified atom stereocenters. The molecule has 1 aliphatic carbocycles. The zero-order valence-corrected chi connectivity index (χ0v) is 10.0. The third-order valence-electron chi connectivity index (χ3n) is 3.28. The lowest BCUT2D eigenvalue weighted by Crippen LogP contribution is -2.43. The maximum Gasteiger partial charge on any atom is 0.234 e. The quantitative estimate of drug-likeness (QED) is 0.728. The van der Waals surface area contributed by atoms with Gasteiger partial charge in [-0.2, -0.15) is 0 Å². The Hall–Kier alpha value is -0.570. The Balaban J connectivity index is 2.21. The summed E-state index contributed by atoms with van der Waals surface area (Å²) in [4.78, 5) is 11.5. The average Bonchev–Trinajstić information content (AvgIpc) is 2.27. The number of nitrogens with one attached hydrogen (secondary N) is 2. The van der Waals surface area contributed by atoms with Gasteiger partial charge in [0.2, 0.25) is 5.91 Å². The fourth-order valence-corrected chi connectivity index (χ4v) is 2.30. The Kier molecular flexibility index (Phi) is 5.69. The normalized spacial score (nSPS) is 19.9. The minimum atomic E-state index is 0.134. The molecule has 0 saturated heterocycles. The van der Waals surface area contributed by atoms with E-state index < -0.39 is 0 Å². The summed E-state index contributed by atoms with van der Waals surface area (Å²) in [5.41, 5.74) is 0. The molecular weight excluding hydrogens is 188 g/mol. The fourth-order valence-electron chi connectivity index (χ4n) is 2.30. The summed E-state index contributed by atoms with van der Waals surface area (Å²) in [5, 5.41) is 6.13. The van der Waals surface area contributed by atoms with Crippen LogP contribution >= 0.6 is 0 Å². The molecule has 0 aliphatic heterocycles. The Labute approximate surface area is 93.0 Å². The Morgan fingerprint density at radius 1 is 1.33 bits per heavy atom. The molecule has 3 heteroatoms. The van der Waals surface area contributed by atoms with E-state index in [1.807, 2.05) is 6.92 Å². The van der Waals surface area contributed by atoms with Crippen LogP contribution in [-0.2, 0) is 4.79 Å². The number of hydrogen-bond acceptors (Lipinski definition) is 2. The van der Waals surface area contributed by atoms with Gasteiger partial charge in [-0.3, -0.25) is 4.79 Å². The van der Waals surface area contributed by atoms with Crippen LogP contribution in [0.15, 0.2) is 0 Å². The zero-order chi connectivity index (χ0) is 11.1. The number of likely N-dealkylation sites (N-methyl/N-ethyl adjacent to an activating group) is 1. The van der Waals surface area contributed by atoms with E-state index in [4.69, 9.17) is 0 Å². The molecule has 15 heavy (non-hydrogen) atoms. The Bertz CT molecular complexity index is 188. The number of carbonyl (C=O) groups is 1. The molecule has 1 fully saturated rings. The second-order valence-corrected chi connectivity index (χ2v) is 4.53. The molecule has 0 heterocycles. The number of carbonyl (C=O) groups excluding carboxylic acids is 1. The first kappa shape index (κ1) is 12.5. The van der Waals surface area contributed by atoms with Gasteiger partial charge in [0.1, 0.15) is 0 Å². The lowest BCUT2D eigenvalue weighted by Gasteiger charge is -2.28. The van der Waals surface area contributed by atoms with E-state index in [1.165, 1.54) is 32.1 Å². The minimum absolute atomic E-state index is 0.134. The maximum absolute atomic E-state index is 11.5. The van der Waals surface area contributed by atoms with E-state index in [2.05, 4.69) is 17.6 Å². The predicted octanol–water partition coefficient (Wildman–Crippen LogP) is 1.68. The van der Waals surface area contributed by atoms with E-state index >= 15 is 0 Å². The summed E-state index contributed by atoms with van der Waals surface area (Å²) < 4.78 is 0. The van der Waals surface area contributed by atoms with Crippen molar-refractivity contribution in [1.82, 2.24) is 10.6 Å². The van der Waals surface area contributed by atoms with Crippen LogP contribution in [0.2, 0.25) is 0 Å². The molecule has 0 spiro atoms. The van der Waals surface area contributed by atoms with Crippen LogP contribution in [0.5, 0.6) is 0 Å². The first-order valence-corrected chi connectivity index (χ1v) is 6.24. The highest BCUT2D eigenvalue weighted by Gasteiger charge is 2.20. The second kappa shape index (κ2) is 6.83. The summed E-state index contributed by atoms with van der Waals surface area (Å²) in [7, 11) is 0. The maximum atomic E-state index is 11.5. The van der Waals surface area contributed by atoms with E-state index in [0.29, 0.717) is 18.5 Å². The fraction of sp³-hybridized carbons (Fsp3) is 0.917. The first-order valence-electron chi connectivity index (χ1n) is 6.24. The van der Waals surface area contributed by atoms with E-state index in [-0.39, 0.29) is 5.91 Å². The average molecular weight is 212 g/mol. The zero-order valence-electron chi connectivity index (χ0n) is 10.0. The van der Waals surface area contributed by atoms with Crippen LogP contribution in [0.25, 0.3) is 0 Å². The molecular formula is C12H24N2O. The van der Waals surface area contributed by atoms with Gasteiger partial charge < -0.3 is 10.6 Å². The topological polar surface area (TPSA) is 41.1 Å². The summed E-state index contributed by atoms with van der Waals surface area (Å²) in [6, 6.07) is 0.344. The van der Waals surface area contributed by atoms with Crippen molar-refractivity contribution in [1.29, 1.82) is 0 Å². The predicted molar refractivity (Wildman–Crippen MR) is 62.7 cm³/mol. The van der Waals surface area contributed by atoms with Gasteiger partial charge in [0.05, 0.1) is 6.54 Å². The molecule has 1 aliphatic rings. The molecule has 1 saturated carbocycles. The lowest BCUT2D eigenvalue weighted by atomic mass is 9.84. The summed E-state index contributed by atoms with van der Waals surface area (Å²) in [6.07, 6.45) is 6.59. The second-order valence-electron chi connectivity index (χ2n) is 4.53. The number of rotatable bonds is 5. The monoisotopic (exact) mass is 212 g/mol. The summed E-state index contributed by atoms with van der Waals surface area (Å²) in [6.45, 7) is 5.45. The molecule has 0 bridgehead atoms. The molecule has 0 aromatic heterocycles. The van der Waals surface area contributed by atoms with E-state index in [9.17, 15) is 4.79 Å². The van der Waals surface area contributed by atoms with Crippen molar-refractivity contribution >= 4 is 5.91 Å². The van der Waals surface area contributed by atoms with Crippen LogP contribution in [0.4, 0.5) is 0 Å². The van der Waals surface area contributed by atoms with Gasteiger partial charge in [-0.25, -0.2) is 0 Å². The highest BCUT2D eigenvalue weighted by atomic mass is 16.1. The molecule has 1 amide bonds. The van der Waals surface area contributed by atoms with Gasteiger partial charge in [0, 0.05) is 6.04 Å². The van der Waals surface area contributed by atoms with E-state index in [0.717, 1.165) is 6.54 Å². The van der Waals surface area contributed by atoms with Gasteiger partial charge in [0.25, 0.3) is 0 Å². The molecule has 1 atom stereocenters. The largest absolute Gasteiger partial charge is 0.352 e. The standard InChI is InChI=1S/C12H24N2O/c1-3-13-9-12(15)14-10(2)11-7-5-4-6-8-11/h10-11,13H,3-9H2,1-2H3,(H,14,15)/t10-/m1/s1. The van der Waals surface area contributed by atoms with Crippen molar-refractivity contribution in [2.45, 2.75) is 52.0 Å². The summed E-state index contributed by atoms with van der Waals surface area (Å²) >= 11 is 0. The van der Waals surface area contributed by atoms with Crippen molar-refractivity contribution in [2.75, 3.05) is 13.1 Å². The van der Waals surface area contributed by atoms with Crippen molar-refractivity contribution in [3.63, 3.8) is 0 Å². The molecule has 88 valence electrons. The van der Waals surface area contributed by atoms with Gasteiger partial charge in [0.15, 0.2) is 0 Å². The van der Waals surface area contributed by atoms with Crippen LogP contribution in [0, 0.1) is 5.92 Å². The van der Waals surface area contributed by atoms with E-state index in [1.54, 1.807) is 0 Å².